The van der Waals surface area contributed by atoms with E-state index in [2.05, 4.69) is 21.2 Å². The number of fused-ring (bicyclic) bond motifs is 1. The molecule has 0 aliphatic rings. The number of likely N-dealkylation sites (N-methyl/N-ethyl adjacent to an activating group) is 1. The van der Waals surface area contributed by atoms with Crippen molar-refractivity contribution in [3.8, 4) is 5.75 Å². The van der Waals surface area contributed by atoms with Gasteiger partial charge in [-0.2, -0.15) is 0 Å². The van der Waals surface area contributed by atoms with Gasteiger partial charge in [-0.25, -0.2) is 0 Å². The highest BCUT2D eigenvalue weighted by molar-refractivity contribution is 9.10. The molecule has 6 heteroatoms. The van der Waals surface area contributed by atoms with E-state index in [1.165, 1.54) is 0 Å². The van der Waals surface area contributed by atoms with Gasteiger partial charge in [-0.1, -0.05) is 84.9 Å². The SMILES string of the molecule is CNC(=O)C(Cc1ccccc1)N(Cc1ccccc1C)C(=O)COc1ccc2ccccc2c1Br. The molecule has 2 amide bonds. The minimum Gasteiger partial charge on any atom is -0.483 e. The maximum absolute atomic E-state index is 13.7. The molecule has 0 aromatic heterocycles. The van der Waals surface area contributed by atoms with Crippen LogP contribution in [0.5, 0.6) is 5.75 Å². The molecule has 0 saturated heterocycles. The van der Waals surface area contributed by atoms with Crippen LogP contribution >= 0.6 is 15.9 Å². The highest BCUT2D eigenvalue weighted by Gasteiger charge is 2.30. The molecule has 4 rings (SSSR count). The quantitative estimate of drug-likeness (QED) is 0.295. The molecule has 1 N–H and O–H groups in total. The van der Waals surface area contributed by atoms with Gasteiger partial charge < -0.3 is 15.0 Å². The third-order valence-electron chi connectivity index (χ3n) is 6.30. The molecule has 0 aliphatic carbocycles. The summed E-state index contributed by atoms with van der Waals surface area (Å²) in [4.78, 5) is 28.4. The van der Waals surface area contributed by atoms with E-state index in [4.69, 9.17) is 4.74 Å². The zero-order chi connectivity index (χ0) is 25.5. The first-order valence-corrected chi connectivity index (χ1v) is 12.7. The van der Waals surface area contributed by atoms with Gasteiger partial charge in [0.15, 0.2) is 6.61 Å². The average molecular weight is 545 g/mol. The molecule has 4 aromatic rings. The van der Waals surface area contributed by atoms with Crippen LogP contribution in [0.3, 0.4) is 0 Å². The number of carbonyl (C=O) groups excluding carboxylic acids is 2. The first-order chi connectivity index (χ1) is 17.5. The van der Waals surface area contributed by atoms with Crippen LogP contribution in [-0.2, 0) is 22.6 Å². The van der Waals surface area contributed by atoms with Crippen LogP contribution in [0.25, 0.3) is 10.8 Å². The Morgan fingerprint density at radius 2 is 1.61 bits per heavy atom. The number of aryl methyl sites for hydroxylation is 1. The van der Waals surface area contributed by atoms with Gasteiger partial charge in [-0.3, -0.25) is 9.59 Å². The maximum Gasteiger partial charge on any atom is 0.261 e. The summed E-state index contributed by atoms with van der Waals surface area (Å²) >= 11 is 3.63. The van der Waals surface area contributed by atoms with Crippen molar-refractivity contribution in [2.75, 3.05) is 13.7 Å². The van der Waals surface area contributed by atoms with Gasteiger partial charge in [0.25, 0.3) is 5.91 Å². The molecule has 184 valence electrons. The Bertz CT molecular complexity index is 1360. The molecule has 4 aromatic carbocycles. The van der Waals surface area contributed by atoms with Crippen LogP contribution < -0.4 is 10.1 Å². The summed E-state index contributed by atoms with van der Waals surface area (Å²) in [7, 11) is 1.60. The Balaban J connectivity index is 1.62. The first kappa shape index (κ1) is 25.5. The van der Waals surface area contributed by atoms with E-state index in [-0.39, 0.29) is 18.4 Å². The molecule has 1 atom stereocenters. The van der Waals surface area contributed by atoms with Gasteiger partial charge in [0.05, 0.1) is 4.47 Å². The summed E-state index contributed by atoms with van der Waals surface area (Å²) in [6, 6.07) is 28.7. The molecule has 5 nitrogen and oxygen atoms in total. The van der Waals surface area contributed by atoms with Gasteiger partial charge in [-0.15, -0.1) is 0 Å². The van der Waals surface area contributed by atoms with Crippen molar-refractivity contribution in [1.29, 1.82) is 0 Å². The second-order valence-corrected chi connectivity index (χ2v) is 9.45. The van der Waals surface area contributed by atoms with Crippen molar-refractivity contribution in [2.24, 2.45) is 0 Å². The second-order valence-electron chi connectivity index (χ2n) is 8.66. The van der Waals surface area contributed by atoms with E-state index in [0.717, 1.165) is 31.9 Å². The summed E-state index contributed by atoms with van der Waals surface area (Å²) in [5, 5.41) is 4.82. The van der Waals surface area contributed by atoms with E-state index < -0.39 is 6.04 Å². The Morgan fingerprint density at radius 3 is 2.36 bits per heavy atom. The average Bonchev–Trinajstić information content (AvgIpc) is 2.91. The lowest BCUT2D eigenvalue weighted by molar-refractivity contribution is -0.142. The number of benzene rings is 4. The number of hydrogen-bond acceptors (Lipinski definition) is 3. The number of nitrogens with one attached hydrogen (secondary N) is 1. The van der Waals surface area contributed by atoms with Gasteiger partial charge in [0.2, 0.25) is 5.91 Å². The standard InChI is InChI=1S/C30H29BrN2O3/c1-21-10-6-7-14-24(21)19-33(26(30(35)32-2)18-22-11-4-3-5-12-22)28(34)20-36-27-17-16-23-13-8-9-15-25(23)29(27)31/h3-17,26H,18-20H2,1-2H3,(H,32,35). The van der Waals surface area contributed by atoms with Crippen LogP contribution in [0.15, 0.2) is 95.5 Å². The highest BCUT2D eigenvalue weighted by atomic mass is 79.9. The lowest BCUT2D eigenvalue weighted by Crippen LogP contribution is -2.51. The highest BCUT2D eigenvalue weighted by Crippen LogP contribution is 2.33. The fourth-order valence-electron chi connectivity index (χ4n) is 4.24. The van der Waals surface area contributed by atoms with Crippen molar-refractivity contribution in [3.63, 3.8) is 0 Å². The molecule has 0 radical (unpaired) electrons. The maximum atomic E-state index is 13.7. The molecule has 36 heavy (non-hydrogen) atoms. The minimum absolute atomic E-state index is 0.189. The molecule has 0 aliphatic heterocycles. The first-order valence-electron chi connectivity index (χ1n) is 11.9. The van der Waals surface area contributed by atoms with Gasteiger partial charge in [0, 0.05) is 20.0 Å². The van der Waals surface area contributed by atoms with Gasteiger partial charge >= 0.3 is 0 Å². The van der Waals surface area contributed by atoms with Crippen LogP contribution in [0.4, 0.5) is 0 Å². The zero-order valence-corrected chi connectivity index (χ0v) is 22.0. The van der Waals surface area contributed by atoms with Gasteiger partial charge in [0.1, 0.15) is 11.8 Å². The zero-order valence-electron chi connectivity index (χ0n) is 20.4. The number of nitrogens with zero attached hydrogens (tertiary/aromatic N) is 1. The number of ether oxygens (including phenoxy) is 1. The summed E-state index contributed by atoms with van der Waals surface area (Å²) in [5.74, 6) is 0.105. The smallest absolute Gasteiger partial charge is 0.261 e. The third kappa shape index (κ3) is 5.94. The van der Waals surface area contributed by atoms with Crippen molar-refractivity contribution in [3.05, 3.63) is 112 Å². The topological polar surface area (TPSA) is 58.6 Å². The molecule has 0 saturated carbocycles. The van der Waals surface area contributed by atoms with Crippen molar-refractivity contribution >= 4 is 38.5 Å². The fraction of sp³-hybridized carbons (Fsp3) is 0.200. The van der Waals surface area contributed by atoms with E-state index >= 15 is 0 Å². The molecule has 0 spiro atoms. The molecule has 0 heterocycles. The molecule has 0 bridgehead atoms. The number of amides is 2. The Kier molecular flexibility index (Phi) is 8.39. The van der Waals surface area contributed by atoms with Crippen LogP contribution in [0.2, 0.25) is 0 Å². The Hall–Kier alpha value is -3.64. The third-order valence-corrected chi connectivity index (χ3v) is 7.12. The lowest BCUT2D eigenvalue weighted by Gasteiger charge is -2.31. The summed E-state index contributed by atoms with van der Waals surface area (Å²) < 4.78 is 6.80. The number of carbonyl (C=O) groups is 2. The van der Waals surface area contributed by atoms with Crippen molar-refractivity contribution in [2.45, 2.75) is 25.9 Å². The Morgan fingerprint density at radius 1 is 0.917 bits per heavy atom. The lowest BCUT2D eigenvalue weighted by atomic mass is 10.0. The van der Waals surface area contributed by atoms with Crippen molar-refractivity contribution < 1.29 is 14.3 Å². The second kappa shape index (κ2) is 11.9. The molecular formula is C30H29BrN2O3. The molecular weight excluding hydrogens is 516 g/mol. The minimum atomic E-state index is -0.687. The number of halogens is 1. The predicted molar refractivity (Wildman–Crippen MR) is 147 cm³/mol. The normalized spacial score (nSPS) is 11.6. The van der Waals surface area contributed by atoms with E-state index in [9.17, 15) is 9.59 Å². The fourth-order valence-corrected chi connectivity index (χ4v) is 4.85. The monoisotopic (exact) mass is 544 g/mol. The Labute approximate surface area is 220 Å². The summed E-state index contributed by atoms with van der Waals surface area (Å²) in [6.07, 6.45) is 0.401. The number of hydrogen-bond donors (Lipinski definition) is 1. The van der Waals surface area contributed by atoms with E-state index in [1.54, 1.807) is 11.9 Å². The van der Waals surface area contributed by atoms with Crippen LogP contribution in [0.1, 0.15) is 16.7 Å². The van der Waals surface area contributed by atoms with Gasteiger partial charge in [-0.05, 0) is 56.4 Å². The van der Waals surface area contributed by atoms with Crippen molar-refractivity contribution in [1.82, 2.24) is 10.2 Å². The predicted octanol–water partition coefficient (Wildman–Crippen LogP) is 5.68. The molecule has 1 unspecified atom stereocenters. The van der Waals surface area contributed by atoms with Crippen LogP contribution in [-0.4, -0.2) is 36.4 Å². The summed E-state index contributed by atoms with van der Waals surface area (Å²) in [5.41, 5.74) is 3.02. The number of rotatable bonds is 9. The van der Waals surface area contributed by atoms with E-state index in [0.29, 0.717) is 18.7 Å². The molecule has 0 fully saturated rings. The summed E-state index contributed by atoms with van der Waals surface area (Å²) in [6.45, 7) is 2.12. The largest absolute Gasteiger partial charge is 0.483 e. The van der Waals surface area contributed by atoms with E-state index in [1.807, 2.05) is 97.9 Å². The van der Waals surface area contributed by atoms with Crippen LogP contribution in [0, 0.1) is 6.92 Å².